The van der Waals surface area contributed by atoms with Crippen LogP contribution < -0.4 is 9.80 Å². The lowest BCUT2D eigenvalue weighted by molar-refractivity contribution is 0.654. The predicted molar refractivity (Wildman–Crippen MR) is 246 cm³/mol. The molecule has 61 heavy (non-hydrogen) atoms. The van der Waals surface area contributed by atoms with Crippen LogP contribution in [0.3, 0.4) is 0 Å². The van der Waals surface area contributed by atoms with Gasteiger partial charge in [-0.05, 0) is 113 Å². The van der Waals surface area contributed by atoms with Gasteiger partial charge in [-0.25, -0.2) is 4.98 Å². The van der Waals surface area contributed by atoms with E-state index in [1.165, 1.54) is 5.39 Å². The van der Waals surface area contributed by atoms with E-state index in [-0.39, 0.29) is 0 Å². The second-order valence-electron chi connectivity index (χ2n) is 15.3. The van der Waals surface area contributed by atoms with Crippen molar-refractivity contribution in [3.8, 4) is 0 Å². The Kier molecular flexibility index (Phi) is 7.14. The summed E-state index contributed by atoms with van der Waals surface area (Å²) in [5.74, 6) is 0.714. The van der Waals surface area contributed by atoms with Crippen molar-refractivity contribution in [2.45, 2.75) is 0 Å². The van der Waals surface area contributed by atoms with Crippen molar-refractivity contribution < 1.29 is 13.3 Å². The molecule has 0 bridgehead atoms. The van der Waals surface area contributed by atoms with E-state index in [4.69, 9.17) is 18.2 Å². The molecule has 0 radical (unpaired) electrons. The summed E-state index contributed by atoms with van der Waals surface area (Å²) < 4.78 is 19.3. The van der Waals surface area contributed by atoms with Gasteiger partial charge in [-0.3, -0.25) is 9.88 Å². The molecule has 0 aliphatic rings. The van der Waals surface area contributed by atoms with E-state index in [0.717, 1.165) is 99.2 Å². The molecule has 0 saturated heterocycles. The lowest BCUT2D eigenvalue weighted by Crippen LogP contribution is -2.11. The number of hydrogen-bond acceptors (Lipinski definition) is 8. The van der Waals surface area contributed by atoms with Crippen LogP contribution in [0.15, 0.2) is 202 Å². The van der Waals surface area contributed by atoms with Crippen LogP contribution in [0.2, 0.25) is 0 Å². The number of pyridine rings is 3. The van der Waals surface area contributed by atoms with Gasteiger partial charge in [0.2, 0.25) is 11.4 Å². The molecule has 0 saturated carbocycles. The van der Waals surface area contributed by atoms with Crippen LogP contribution in [0.5, 0.6) is 0 Å². The highest BCUT2D eigenvalue weighted by Crippen LogP contribution is 2.43. The van der Waals surface area contributed by atoms with E-state index < -0.39 is 0 Å². The number of rotatable bonds is 6. The van der Waals surface area contributed by atoms with Crippen molar-refractivity contribution in [3.05, 3.63) is 188 Å². The number of benzene rings is 7. The number of furan rings is 3. The Labute approximate surface area is 347 Å². The number of nitrogens with zero attached hydrogens (tertiary/aromatic N) is 5. The molecule has 7 aromatic carbocycles. The molecule has 13 rings (SSSR count). The van der Waals surface area contributed by atoms with Gasteiger partial charge in [0.05, 0.1) is 11.9 Å². The van der Waals surface area contributed by atoms with E-state index >= 15 is 0 Å². The average Bonchev–Trinajstić information content (AvgIpc) is 3.99. The standard InChI is InChI=1S/C53H31N5O3/c1-3-8-34-26-36(13-11-32(34)6-1)57(38-15-19-42-45-10-5-24-55-52(45)60-48(42)28-38)39-16-20-43-46-21-22-51(56-53(46)61-49(43)29-39)58(37-14-12-33-7-2-4-9-35(33)27-37)40-17-18-41-44-23-25-54-31-50(44)59-47(41)30-40/h1-31H. The van der Waals surface area contributed by atoms with Crippen molar-refractivity contribution >= 4 is 122 Å². The summed E-state index contributed by atoms with van der Waals surface area (Å²) in [5.41, 5.74) is 8.94. The van der Waals surface area contributed by atoms with Crippen molar-refractivity contribution in [2.75, 3.05) is 9.80 Å². The first-order valence-corrected chi connectivity index (χ1v) is 20.1. The zero-order chi connectivity index (χ0) is 40.0. The van der Waals surface area contributed by atoms with Gasteiger partial charge in [0, 0.05) is 85.7 Å². The molecule has 13 aromatic rings. The molecule has 6 heterocycles. The minimum Gasteiger partial charge on any atom is -0.454 e. The van der Waals surface area contributed by atoms with Gasteiger partial charge in [-0.15, -0.1) is 0 Å². The highest BCUT2D eigenvalue weighted by atomic mass is 16.3. The Morgan fingerprint density at radius 3 is 1.54 bits per heavy atom. The maximum Gasteiger partial charge on any atom is 0.229 e. The summed E-state index contributed by atoms with van der Waals surface area (Å²) in [7, 11) is 0. The lowest BCUT2D eigenvalue weighted by Gasteiger charge is -2.25. The summed E-state index contributed by atoms with van der Waals surface area (Å²) in [6.07, 6.45) is 5.31. The Bertz CT molecular complexity index is 3630. The zero-order valence-electron chi connectivity index (χ0n) is 32.4. The molecule has 0 spiro atoms. The van der Waals surface area contributed by atoms with Crippen molar-refractivity contribution in [1.82, 2.24) is 15.0 Å². The van der Waals surface area contributed by atoms with Crippen molar-refractivity contribution in [3.63, 3.8) is 0 Å². The molecular formula is C53H31N5O3. The fourth-order valence-corrected chi connectivity index (χ4v) is 8.89. The van der Waals surface area contributed by atoms with E-state index in [2.05, 4.69) is 171 Å². The first-order chi connectivity index (χ1) is 30.2. The molecule has 0 atom stereocenters. The zero-order valence-corrected chi connectivity index (χ0v) is 32.4. The lowest BCUT2D eigenvalue weighted by atomic mass is 10.1. The van der Waals surface area contributed by atoms with E-state index in [0.29, 0.717) is 17.2 Å². The number of fused-ring (bicyclic) bond motifs is 11. The van der Waals surface area contributed by atoms with Gasteiger partial charge in [0.15, 0.2) is 5.58 Å². The normalized spacial score (nSPS) is 11.9. The van der Waals surface area contributed by atoms with Crippen LogP contribution in [0.25, 0.3) is 87.6 Å². The monoisotopic (exact) mass is 785 g/mol. The second kappa shape index (κ2) is 13.0. The minimum absolute atomic E-state index is 0.541. The SMILES string of the molecule is c1ccc2cc(N(c3ccc4c(c3)oc3ncccc34)c3ccc4c(c3)oc3nc(N(c5ccc6ccccc6c5)c5ccc6c(c5)oc5cnccc56)ccc34)ccc2c1. The molecule has 0 N–H and O–H groups in total. The first-order valence-electron chi connectivity index (χ1n) is 20.1. The van der Waals surface area contributed by atoms with Crippen LogP contribution in [-0.2, 0) is 0 Å². The van der Waals surface area contributed by atoms with Crippen LogP contribution in [0.4, 0.5) is 34.3 Å². The van der Waals surface area contributed by atoms with Crippen molar-refractivity contribution in [2.24, 2.45) is 0 Å². The molecule has 0 fully saturated rings. The van der Waals surface area contributed by atoms with Gasteiger partial charge >= 0.3 is 0 Å². The van der Waals surface area contributed by atoms with Gasteiger partial charge in [-0.2, -0.15) is 4.98 Å². The Morgan fingerprint density at radius 2 is 0.852 bits per heavy atom. The molecule has 286 valence electrons. The number of anilines is 6. The molecule has 0 aliphatic heterocycles. The minimum atomic E-state index is 0.541. The van der Waals surface area contributed by atoms with Gasteiger partial charge in [-0.1, -0.05) is 60.7 Å². The summed E-state index contributed by atoms with van der Waals surface area (Å²) in [5, 5.41) is 10.6. The summed E-state index contributed by atoms with van der Waals surface area (Å²) in [4.78, 5) is 18.4. The highest BCUT2D eigenvalue weighted by Gasteiger charge is 2.21. The molecule has 0 unspecified atom stereocenters. The first kappa shape index (κ1) is 33.5. The van der Waals surface area contributed by atoms with Crippen LogP contribution in [-0.4, -0.2) is 15.0 Å². The molecule has 0 amide bonds. The topological polar surface area (TPSA) is 84.6 Å². The van der Waals surface area contributed by atoms with Crippen LogP contribution >= 0.6 is 0 Å². The molecular weight excluding hydrogens is 755 g/mol. The molecule has 8 nitrogen and oxygen atoms in total. The largest absolute Gasteiger partial charge is 0.454 e. The maximum absolute atomic E-state index is 6.72. The van der Waals surface area contributed by atoms with E-state index in [9.17, 15) is 0 Å². The van der Waals surface area contributed by atoms with E-state index in [1.54, 1.807) is 18.6 Å². The molecule has 6 aromatic heterocycles. The highest BCUT2D eigenvalue weighted by molar-refractivity contribution is 6.08. The fourth-order valence-electron chi connectivity index (χ4n) is 8.89. The summed E-state index contributed by atoms with van der Waals surface area (Å²) in [6, 6.07) is 58.9. The molecule has 0 aliphatic carbocycles. The second-order valence-corrected chi connectivity index (χ2v) is 15.3. The number of aromatic nitrogens is 3. The predicted octanol–water partition coefficient (Wildman–Crippen LogP) is 14.8. The Hall–Kier alpha value is -8.49. The number of hydrogen-bond donors (Lipinski definition) is 0. The van der Waals surface area contributed by atoms with Gasteiger partial charge in [0.1, 0.15) is 22.6 Å². The Morgan fingerprint density at radius 1 is 0.344 bits per heavy atom. The summed E-state index contributed by atoms with van der Waals surface area (Å²) >= 11 is 0. The molecule has 8 heteroatoms. The Balaban J connectivity index is 0.961. The quantitative estimate of drug-likeness (QED) is 0.165. The van der Waals surface area contributed by atoms with Gasteiger partial charge < -0.3 is 18.2 Å². The van der Waals surface area contributed by atoms with E-state index in [1.807, 2.05) is 18.2 Å². The van der Waals surface area contributed by atoms with Crippen molar-refractivity contribution in [1.29, 1.82) is 0 Å². The maximum atomic E-state index is 6.72. The average molecular weight is 786 g/mol. The fraction of sp³-hybridized carbons (Fsp3) is 0. The van der Waals surface area contributed by atoms with Crippen LogP contribution in [0.1, 0.15) is 0 Å². The summed E-state index contributed by atoms with van der Waals surface area (Å²) in [6.45, 7) is 0. The third-order valence-corrected chi connectivity index (χ3v) is 11.8. The smallest absolute Gasteiger partial charge is 0.229 e. The van der Waals surface area contributed by atoms with Gasteiger partial charge in [0.25, 0.3) is 0 Å². The third-order valence-electron chi connectivity index (χ3n) is 11.8. The third kappa shape index (κ3) is 5.36. The van der Waals surface area contributed by atoms with Crippen LogP contribution in [0, 0.1) is 0 Å².